The van der Waals surface area contributed by atoms with Gasteiger partial charge in [0.2, 0.25) is 0 Å². The maximum Gasteiger partial charge on any atom is 0.0547 e. The molecule has 0 radical (unpaired) electrons. The van der Waals surface area contributed by atoms with Crippen LogP contribution in [0, 0.1) is 0 Å². The second-order valence-electron chi connectivity index (χ2n) is 18.5. The molecule has 0 N–H and O–H groups in total. The molecule has 282 valence electrons. The molecule has 0 fully saturated rings. The van der Waals surface area contributed by atoms with E-state index in [4.69, 9.17) is 0 Å². The van der Waals surface area contributed by atoms with Crippen molar-refractivity contribution < 1.29 is 0 Å². The number of hydrogen-bond acceptors (Lipinski definition) is 0. The third-order valence-electron chi connectivity index (χ3n) is 14.9. The van der Waals surface area contributed by atoms with Crippen LogP contribution in [0.25, 0.3) is 110 Å². The highest BCUT2D eigenvalue weighted by molar-refractivity contribution is 6.30. The molecule has 0 aliphatic heterocycles. The minimum atomic E-state index is -0.0702. The summed E-state index contributed by atoms with van der Waals surface area (Å²) in [6.45, 7) is 9.49. The zero-order valence-electron chi connectivity index (χ0n) is 34.1. The van der Waals surface area contributed by atoms with E-state index in [-0.39, 0.29) is 10.8 Å². The lowest BCUT2D eigenvalue weighted by Crippen LogP contribution is -2.15. The first-order valence-corrected chi connectivity index (χ1v) is 21.4. The summed E-state index contributed by atoms with van der Waals surface area (Å²) in [7, 11) is 0. The highest BCUT2D eigenvalue weighted by Crippen LogP contribution is 2.52. The van der Waals surface area contributed by atoms with Gasteiger partial charge in [0.05, 0.1) is 22.1 Å². The van der Waals surface area contributed by atoms with Crippen LogP contribution in [0.2, 0.25) is 0 Å². The van der Waals surface area contributed by atoms with E-state index in [1.807, 2.05) is 0 Å². The maximum atomic E-state index is 2.51. The number of benzene rings is 10. The SMILES string of the molecule is CC1(C)c2ccccc2-c2ccc(-n3c4cccc5ccc6c(-c7ccc8c9c7ccc7cccc(c79)n8-c7ccc8c(c7)C(C)(C)c7ccccc7-8)ccc3c6c54)cc21. The first kappa shape index (κ1) is 32.8. The molecule has 2 aromatic heterocycles. The van der Waals surface area contributed by atoms with Gasteiger partial charge in [-0.25, -0.2) is 0 Å². The molecule has 2 aliphatic carbocycles. The summed E-state index contributed by atoms with van der Waals surface area (Å²) < 4.78 is 5.02. The molecule has 14 rings (SSSR count). The Morgan fingerprint density at radius 1 is 0.300 bits per heavy atom. The summed E-state index contributed by atoms with van der Waals surface area (Å²) in [4.78, 5) is 0. The Kier molecular flexibility index (Phi) is 5.95. The third-order valence-corrected chi connectivity index (χ3v) is 14.9. The monoisotopic (exact) mass is 764 g/mol. The minimum absolute atomic E-state index is 0.0702. The van der Waals surface area contributed by atoms with E-state index in [1.54, 1.807) is 0 Å². The smallest absolute Gasteiger partial charge is 0.0547 e. The van der Waals surface area contributed by atoms with Crippen LogP contribution in [0.4, 0.5) is 0 Å². The Morgan fingerprint density at radius 2 is 0.700 bits per heavy atom. The van der Waals surface area contributed by atoms with Gasteiger partial charge in [-0.3, -0.25) is 0 Å². The predicted molar refractivity (Wildman–Crippen MR) is 253 cm³/mol. The van der Waals surface area contributed by atoms with Crippen LogP contribution in [0.5, 0.6) is 0 Å². The van der Waals surface area contributed by atoms with Crippen molar-refractivity contribution in [3.05, 3.63) is 192 Å². The summed E-state index contributed by atoms with van der Waals surface area (Å²) >= 11 is 0. The molecule has 0 amide bonds. The summed E-state index contributed by atoms with van der Waals surface area (Å²) in [5.41, 5.74) is 20.9. The average molecular weight is 765 g/mol. The third kappa shape index (κ3) is 3.86. The number of rotatable bonds is 3. The highest BCUT2D eigenvalue weighted by Gasteiger charge is 2.37. The molecule has 2 nitrogen and oxygen atoms in total. The van der Waals surface area contributed by atoms with Crippen molar-refractivity contribution in [3.8, 4) is 44.8 Å². The average Bonchev–Trinajstić information content (AvgIpc) is 3.95. The Hall–Kier alpha value is -7.16. The standard InChI is InChI=1S/C58H40N2/c1-57(2)45-15-7-5-13-39(45)41-25-21-35(31-47(41)57)59-49-17-9-11-33-19-23-43-37(27-29-51(59)55(43)53(33)49)38-28-30-52-56-44(38)24-20-34-12-10-18-50(54(34)56)60(52)36-22-26-42-40-14-6-8-16-46(40)58(3,4)48(42)32-36/h5-32H,1-4H3. The van der Waals surface area contributed by atoms with E-state index in [0.717, 1.165) is 0 Å². The van der Waals surface area contributed by atoms with Gasteiger partial charge in [-0.05, 0) is 126 Å². The summed E-state index contributed by atoms with van der Waals surface area (Å²) in [5, 5.41) is 10.5. The van der Waals surface area contributed by atoms with Gasteiger partial charge in [-0.1, -0.05) is 149 Å². The largest absolute Gasteiger partial charge is 0.309 e. The lowest BCUT2D eigenvalue weighted by molar-refractivity contribution is 0.660. The van der Waals surface area contributed by atoms with Gasteiger partial charge in [-0.15, -0.1) is 0 Å². The van der Waals surface area contributed by atoms with Crippen molar-refractivity contribution in [2.75, 3.05) is 0 Å². The fourth-order valence-electron chi connectivity index (χ4n) is 12.1. The lowest BCUT2D eigenvalue weighted by atomic mass is 9.82. The Balaban J connectivity index is 0.986. The lowest BCUT2D eigenvalue weighted by Gasteiger charge is -2.22. The molecule has 2 heteroatoms. The summed E-state index contributed by atoms with van der Waals surface area (Å²) in [6.07, 6.45) is 0. The molecule has 12 aromatic rings. The Labute approximate surface area is 348 Å². The van der Waals surface area contributed by atoms with E-state index in [2.05, 4.69) is 207 Å². The molecule has 0 spiro atoms. The van der Waals surface area contributed by atoms with Gasteiger partial charge in [0, 0.05) is 43.7 Å². The molecule has 0 saturated heterocycles. The molecule has 0 unspecified atom stereocenters. The van der Waals surface area contributed by atoms with Crippen LogP contribution < -0.4 is 0 Å². The number of nitrogens with zero attached hydrogens (tertiary/aromatic N) is 2. The van der Waals surface area contributed by atoms with Gasteiger partial charge in [-0.2, -0.15) is 0 Å². The van der Waals surface area contributed by atoms with E-state index >= 15 is 0 Å². The van der Waals surface area contributed by atoms with Crippen molar-refractivity contribution in [2.24, 2.45) is 0 Å². The minimum Gasteiger partial charge on any atom is -0.309 e. The highest BCUT2D eigenvalue weighted by atomic mass is 15.0. The maximum absolute atomic E-state index is 2.51. The van der Waals surface area contributed by atoms with Crippen LogP contribution in [0.1, 0.15) is 49.9 Å². The topological polar surface area (TPSA) is 9.86 Å². The quantitative estimate of drug-likeness (QED) is 0.159. The summed E-state index contributed by atoms with van der Waals surface area (Å²) in [6, 6.07) is 64.7. The molecule has 2 heterocycles. The van der Waals surface area contributed by atoms with E-state index in [1.165, 1.54) is 132 Å². The van der Waals surface area contributed by atoms with Crippen LogP contribution in [0.3, 0.4) is 0 Å². The first-order chi connectivity index (χ1) is 29.3. The van der Waals surface area contributed by atoms with Crippen molar-refractivity contribution in [3.63, 3.8) is 0 Å². The number of aromatic nitrogens is 2. The van der Waals surface area contributed by atoms with Gasteiger partial charge in [0.15, 0.2) is 0 Å². The fraction of sp³-hybridized carbons (Fsp3) is 0.103. The van der Waals surface area contributed by atoms with E-state index in [9.17, 15) is 0 Å². The molecule has 10 aromatic carbocycles. The van der Waals surface area contributed by atoms with Crippen molar-refractivity contribution in [2.45, 2.75) is 38.5 Å². The van der Waals surface area contributed by atoms with Crippen LogP contribution >= 0.6 is 0 Å². The molecular formula is C58H40N2. The van der Waals surface area contributed by atoms with Crippen molar-refractivity contribution in [1.29, 1.82) is 0 Å². The van der Waals surface area contributed by atoms with Crippen molar-refractivity contribution >= 4 is 65.2 Å². The number of hydrogen-bond donors (Lipinski definition) is 0. The summed E-state index contributed by atoms with van der Waals surface area (Å²) in [5.74, 6) is 0. The van der Waals surface area contributed by atoms with E-state index in [0.29, 0.717) is 0 Å². The van der Waals surface area contributed by atoms with Gasteiger partial charge < -0.3 is 9.13 Å². The molecule has 0 saturated carbocycles. The zero-order valence-corrected chi connectivity index (χ0v) is 34.1. The molecule has 0 bridgehead atoms. The van der Waals surface area contributed by atoms with Crippen molar-refractivity contribution in [1.82, 2.24) is 9.13 Å². The molecule has 60 heavy (non-hydrogen) atoms. The first-order valence-electron chi connectivity index (χ1n) is 21.4. The normalized spacial score (nSPS) is 14.9. The Morgan fingerprint density at radius 3 is 1.17 bits per heavy atom. The number of fused-ring (bicyclic) bond motifs is 6. The second kappa shape index (κ2) is 10.9. The van der Waals surface area contributed by atoms with Gasteiger partial charge in [0.1, 0.15) is 0 Å². The Bertz CT molecular complexity index is 3580. The molecule has 2 aliphatic rings. The van der Waals surface area contributed by atoms with Crippen LogP contribution in [0.15, 0.2) is 170 Å². The fourth-order valence-corrected chi connectivity index (χ4v) is 12.1. The zero-order chi connectivity index (χ0) is 39.8. The van der Waals surface area contributed by atoms with Crippen LogP contribution in [-0.4, -0.2) is 9.13 Å². The van der Waals surface area contributed by atoms with E-state index < -0.39 is 0 Å². The van der Waals surface area contributed by atoms with Gasteiger partial charge >= 0.3 is 0 Å². The van der Waals surface area contributed by atoms with Crippen LogP contribution in [-0.2, 0) is 10.8 Å². The molecule has 0 atom stereocenters. The molecular weight excluding hydrogens is 725 g/mol. The predicted octanol–water partition coefficient (Wildman–Crippen LogP) is 15.3. The van der Waals surface area contributed by atoms with Gasteiger partial charge in [0.25, 0.3) is 0 Å². The second-order valence-corrected chi connectivity index (χ2v) is 18.5.